The minimum atomic E-state index is -0.172. The number of aromatic nitrogens is 2. The number of anilines is 1. The molecule has 0 spiro atoms. The first-order chi connectivity index (χ1) is 12.2. The lowest BCUT2D eigenvalue weighted by atomic mass is 10.1. The van der Waals surface area contributed by atoms with Crippen LogP contribution in [0.15, 0.2) is 58.7 Å². The van der Waals surface area contributed by atoms with E-state index in [0.29, 0.717) is 11.6 Å². The Labute approximate surface area is 149 Å². The van der Waals surface area contributed by atoms with Gasteiger partial charge < -0.3 is 10.1 Å². The standard InChI is InChI=1S/C19H17N3O2S/c1-12-10-18(23)22-16(17-4-3-9-25-17)11-15(21-19(22)20-12)13-5-7-14(24-2)8-6-13/h3-11,16H,1-2H3,(H,20,21). The Morgan fingerprint density at radius 3 is 2.72 bits per heavy atom. The third kappa shape index (κ3) is 2.85. The maximum absolute atomic E-state index is 12.6. The van der Waals surface area contributed by atoms with Gasteiger partial charge in [0.15, 0.2) is 0 Å². The molecule has 0 radical (unpaired) electrons. The van der Waals surface area contributed by atoms with E-state index in [9.17, 15) is 4.79 Å². The highest BCUT2D eigenvalue weighted by molar-refractivity contribution is 7.10. The molecule has 1 aliphatic heterocycles. The lowest BCUT2D eigenvalue weighted by Crippen LogP contribution is -2.31. The van der Waals surface area contributed by atoms with Crippen LogP contribution in [0.1, 0.15) is 22.2 Å². The molecule has 1 atom stereocenters. The van der Waals surface area contributed by atoms with Gasteiger partial charge in [-0.3, -0.25) is 9.36 Å². The van der Waals surface area contributed by atoms with Crippen molar-refractivity contribution < 1.29 is 4.74 Å². The molecule has 0 saturated carbocycles. The number of hydrogen-bond donors (Lipinski definition) is 1. The fraction of sp³-hybridized carbons (Fsp3) is 0.158. The lowest BCUT2D eigenvalue weighted by Gasteiger charge is -2.27. The van der Waals surface area contributed by atoms with Gasteiger partial charge in [-0.1, -0.05) is 6.07 Å². The summed E-state index contributed by atoms with van der Waals surface area (Å²) in [7, 11) is 1.65. The van der Waals surface area contributed by atoms with Crippen LogP contribution in [-0.4, -0.2) is 16.7 Å². The van der Waals surface area contributed by atoms with E-state index < -0.39 is 0 Å². The molecule has 2 aromatic heterocycles. The summed E-state index contributed by atoms with van der Waals surface area (Å²) in [6.45, 7) is 1.83. The van der Waals surface area contributed by atoms with Crippen LogP contribution in [0.4, 0.5) is 5.95 Å². The summed E-state index contributed by atoms with van der Waals surface area (Å²) in [5.74, 6) is 1.37. The first-order valence-corrected chi connectivity index (χ1v) is 8.80. The van der Waals surface area contributed by atoms with Crippen LogP contribution >= 0.6 is 11.3 Å². The minimum absolute atomic E-state index is 0.0570. The van der Waals surface area contributed by atoms with Crippen LogP contribution in [0.25, 0.3) is 5.70 Å². The zero-order valence-corrected chi connectivity index (χ0v) is 14.7. The Kier molecular flexibility index (Phi) is 3.89. The van der Waals surface area contributed by atoms with Crippen molar-refractivity contribution in [1.82, 2.24) is 9.55 Å². The van der Waals surface area contributed by atoms with Gasteiger partial charge in [-0.25, -0.2) is 4.98 Å². The maximum atomic E-state index is 12.6. The van der Waals surface area contributed by atoms with Gasteiger partial charge in [-0.2, -0.15) is 0 Å². The molecule has 0 fully saturated rings. The third-order valence-electron chi connectivity index (χ3n) is 4.17. The van der Waals surface area contributed by atoms with Crippen LogP contribution in [0, 0.1) is 6.92 Å². The summed E-state index contributed by atoms with van der Waals surface area (Å²) in [6.07, 6.45) is 2.07. The van der Waals surface area contributed by atoms with Crippen molar-refractivity contribution in [3.63, 3.8) is 0 Å². The molecular weight excluding hydrogens is 334 g/mol. The zero-order valence-electron chi connectivity index (χ0n) is 13.9. The molecule has 0 amide bonds. The van der Waals surface area contributed by atoms with Gasteiger partial charge in [0.05, 0.1) is 13.2 Å². The number of nitrogens with one attached hydrogen (secondary N) is 1. The Bertz CT molecular complexity index is 989. The molecule has 0 aliphatic carbocycles. The second-order valence-electron chi connectivity index (χ2n) is 5.82. The van der Waals surface area contributed by atoms with E-state index >= 15 is 0 Å². The first kappa shape index (κ1) is 15.7. The second kappa shape index (κ2) is 6.22. The normalized spacial score (nSPS) is 15.9. The van der Waals surface area contributed by atoms with Crippen molar-refractivity contribution in [2.24, 2.45) is 0 Å². The number of thiophene rings is 1. The number of allylic oxidation sites excluding steroid dienone is 1. The van der Waals surface area contributed by atoms with Gasteiger partial charge >= 0.3 is 0 Å². The molecule has 5 nitrogen and oxygen atoms in total. The van der Waals surface area contributed by atoms with Gasteiger partial charge in [0, 0.05) is 22.3 Å². The van der Waals surface area contributed by atoms with Gasteiger partial charge in [0.1, 0.15) is 5.75 Å². The van der Waals surface area contributed by atoms with Crippen molar-refractivity contribution in [3.05, 3.63) is 80.4 Å². The van der Waals surface area contributed by atoms with E-state index in [1.54, 1.807) is 29.1 Å². The average molecular weight is 351 g/mol. The number of nitrogens with zero attached hydrogens (tertiary/aromatic N) is 2. The number of methoxy groups -OCH3 is 1. The highest BCUT2D eigenvalue weighted by atomic mass is 32.1. The molecule has 6 heteroatoms. The Morgan fingerprint density at radius 2 is 2.04 bits per heavy atom. The molecule has 1 N–H and O–H groups in total. The molecule has 3 aromatic rings. The molecule has 1 aliphatic rings. The van der Waals surface area contributed by atoms with Gasteiger partial charge in [0.25, 0.3) is 5.56 Å². The predicted octanol–water partition coefficient (Wildman–Crippen LogP) is 3.68. The number of hydrogen-bond acceptors (Lipinski definition) is 5. The fourth-order valence-corrected chi connectivity index (χ4v) is 3.75. The van der Waals surface area contributed by atoms with Crippen molar-refractivity contribution in [1.29, 1.82) is 0 Å². The molecular formula is C19H17N3O2S. The molecule has 1 aromatic carbocycles. The quantitative estimate of drug-likeness (QED) is 0.782. The van der Waals surface area contributed by atoms with E-state index in [1.807, 2.05) is 48.7 Å². The summed E-state index contributed by atoms with van der Waals surface area (Å²) < 4.78 is 6.93. The number of fused-ring (bicyclic) bond motifs is 1. The topological polar surface area (TPSA) is 56.2 Å². The van der Waals surface area contributed by atoms with Gasteiger partial charge in [-0.15, -0.1) is 11.3 Å². The number of rotatable bonds is 3. The van der Waals surface area contributed by atoms with E-state index in [2.05, 4.69) is 16.4 Å². The van der Waals surface area contributed by atoms with Crippen molar-refractivity contribution >= 4 is 23.0 Å². The predicted molar refractivity (Wildman–Crippen MR) is 100 cm³/mol. The van der Waals surface area contributed by atoms with Crippen LogP contribution in [0.5, 0.6) is 5.75 Å². The maximum Gasteiger partial charge on any atom is 0.255 e. The van der Waals surface area contributed by atoms with E-state index in [4.69, 9.17) is 4.74 Å². The molecule has 4 rings (SSSR count). The summed E-state index contributed by atoms with van der Waals surface area (Å²) in [6, 6.07) is 13.3. The second-order valence-corrected chi connectivity index (χ2v) is 6.80. The molecule has 126 valence electrons. The van der Waals surface area contributed by atoms with Crippen LogP contribution in [0.2, 0.25) is 0 Å². The third-order valence-corrected chi connectivity index (χ3v) is 5.11. The highest BCUT2D eigenvalue weighted by Gasteiger charge is 2.24. The van der Waals surface area contributed by atoms with Crippen LogP contribution in [0.3, 0.4) is 0 Å². The van der Waals surface area contributed by atoms with Crippen molar-refractivity contribution in [2.75, 3.05) is 12.4 Å². The summed E-state index contributed by atoms with van der Waals surface area (Å²) in [5.41, 5.74) is 2.59. The van der Waals surface area contributed by atoms with Crippen molar-refractivity contribution in [3.8, 4) is 5.75 Å². The zero-order chi connectivity index (χ0) is 17.4. The van der Waals surface area contributed by atoms with Crippen molar-refractivity contribution in [2.45, 2.75) is 13.0 Å². The van der Waals surface area contributed by atoms with Gasteiger partial charge in [-0.05, 0) is 54.3 Å². The Balaban J connectivity index is 1.85. The Morgan fingerprint density at radius 1 is 1.24 bits per heavy atom. The fourth-order valence-electron chi connectivity index (χ4n) is 2.97. The molecule has 3 heterocycles. The number of ether oxygens (including phenoxy) is 1. The summed E-state index contributed by atoms with van der Waals surface area (Å²) >= 11 is 1.63. The van der Waals surface area contributed by atoms with E-state index in [0.717, 1.165) is 21.9 Å². The number of benzene rings is 1. The summed E-state index contributed by atoms with van der Waals surface area (Å²) in [4.78, 5) is 18.2. The highest BCUT2D eigenvalue weighted by Crippen LogP contribution is 2.33. The largest absolute Gasteiger partial charge is 0.497 e. The number of aryl methyl sites for hydroxylation is 1. The molecule has 25 heavy (non-hydrogen) atoms. The summed E-state index contributed by atoms with van der Waals surface area (Å²) in [5, 5.41) is 5.32. The van der Waals surface area contributed by atoms with Crippen LogP contribution < -0.4 is 15.6 Å². The van der Waals surface area contributed by atoms with Gasteiger partial charge in [0.2, 0.25) is 5.95 Å². The van der Waals surface area contributed by atoms with E-state index in [1.165, 1.54) is 0 Å². The SMILES string of the molecule is COc1ccc(C2=CC(c3cccs3)n3c(nc(C)cc3=O)N2)cc1. The average Bonchev–Trinajstić information content (AvgIpc) is 3.15. The lowest BCUT2D eigenvalue weighted by molar-refractivity contribution is 0.415. The Hall–Kier alpha value is -2.86. The minimum Gasteiger partial charge on any atom is -0.497 e. The van der Waals surface area contributed by atoms with Crippen LogP contribution in [-0.2, 0) is 0 Å². The first-order valence-electron chi connectivity index (χ1n) is 7.92. The molecule has 0 saturated heterocycles. The molecule has 1 unspecified atom stereocenters. The molecule has 0 bridgehead atoms. The monoisotopic (exact) mass is 351 g/mol. The van der Waals surface area contributed by atoms with E-state index in [-0.39, 0.29) is 11.6 Å². The smallest absolute Gasteiger partial charge is 0.255 e.